The van der Waals surface area contributed by atoms with Gasteiger partial charge in [0.15, 0.2) is 0 Å². The average molecular weight is 372 g/mol. The van der Waals surface area contributed by atoms with Crippen LogP contribution in [0.2, 0.25) is 0 Å². The second-order valence-electron chi connectivity index (χ2n) is 6.77. The molecule has 1 fully saturated rings. The van der Waals surface area contributed by atoms with Crippen LogP contribution in [-0.4, -0.2) is 23.1 Å². The van der Waals surface area contributed by atoms with E-state index in [1.165, 1.54) is 4.88 Å². The van der Waals surface area contributed by atoms with Crippen molar-refractivity contribution in [1.82, 2.24) is 4.57 Å². The maximum absolute atomic E-state index is 12.7. The number of rotatable bonds is 6. The highest BCUT2D eigenvalue weighted by Crippen LogP contribution is 2.32. The van der Waals surface area contributed by atoms with E-state index < -0.39 is 0 Å². The molecule has 1 aliphatic carbocycles. The van der Waals surface area contributed by atoms with E-state index in [-0.39, 0.29) is 17.8 Å². The van der Waals surface area contributed by atoms with Crippen LogP contribution in [0, 0.1) is 11.8 Å². The Hall–Kier alpha value is -2.14. The Morgan fingerprint density at radius 3 is 2.73 bits per heavy atom. The van der Waals surface area contributed by atoms with E-state index in [9.17, 15) is 9.59 Å². The lowest BCUT2D eigenvalue weighted by molar-refractivity contribution is -0.144. The van der Waals surface area contributed by atoms with Crippen LogP contribution >= 0.6 is 11.3 Å². The quantitative estimate of drug-likeness (QED) is 0.662. The van der Waals surface area contributed by atoms with Gasteiger partial charge in [-0.15, -0.1) is 11.3 Å². The molecule has 0 unspecified atom stereocenters. The van der Waals surface area contributed by atoms with Crippen molar-refractivity contribution in [3.8, 4) is 0 Å². The Bertz CT molecular complexity index is 752. The summed E-state index contributed by atoms with van der Waals surface area (Å²) < 4.78 is 6.74. The van der Waals surface area contributed by atoms with E-state index in [0.29, 0.717) is 18.9 Å². The molecule has 2 heterocycles. The molecule has 0 N–H and O–H groups in total. The zero-order chi connectivity index (χ0) is 18.4. The molecule has 0 bridgehead atoms. The molecule has 2 aromatic rings. The molecule has 26 heavy (non-hydrogen) atoms. The third-order valence-corrected chi connectivity index (χ3v) is 5.75. The van der Waals surface area contributed by atoms with Gasteiger partial charge in [-0.05, 0) is 67.7 Å². The molecule has 0 aromatic carbocycles. The van der Waals surface area contributed by atoms with E-state index in [1.54, 1.807) is 15.9 Å². The van der Waals surface area contributed by atoms with E-state index in [4.69, 9.17) is 4.74 Å². The topological polar surface area (TPSA) is 48.3 Å². The molecule has 0 amide bonds. The third-order valence-electron chi connectivity index (χ3n) is 4.91. The van der Waals surface area contributed by atoms with E-state index in [1.807, 2.05) is 42.9 Å². The molecular weight excluding hydrogens is 346 g/mol. The molecule has 1 saturated carbocycles. The van der Waals surface area contributed by atoms with Crippen molar-refractivity contribution < 1.29 is 14.3 Å². The van der Waals surface area contributed by atoms with Gasteiger partial charge < -0.3 is 4.74 Å². The number of carbonyl (C=O) groups excluding carboxylic acids is 2. The molecule has 4 nitrogen and oxygen atoms in total. The summed E-state index contributed by atoms with van der Waals surface area (Å²) >= 11 is 1.69. The summed E-state index contributed by atoms with van der Waals surface area (Å²) in [5.41, 5.74) is 1.03. The summed E-state index contributed by atoms with van der Waals surface area (Å²) in [6, 6.07) is 6.06. The van der Waals surface area contributed by atoms with Crippen LogP contribution in [0.3, 0.4) is 0 Å². The Morgan fingerprint density at radius 2 is 2.04 bits per heavy atom. The first kappa shape index (κ1) is 18.6. The molecule has 138 valence electrons. The number of esters is 1. The largest absolute Gasteiger partial charge is 0.466 e. The normalized spacial score (nSPS) is 20.3. The Labute approximate surface area is 158 Å². The van der Waals surface area contributed by atoms with Crippen LogP contribution in [-0.2, 0) is 9.53 Å². The minimum absolute atomic E-state index is 0.0509. The van der Waals surface area contributed by atoms with Crippen molar-refractivity contribution in [3.05, 3.63) is 46.4 Å². The molecule has 2 aromatic heterocycles. The smallest absolute Gasteiger partial charge is 0.306 e. The molecular formula is C21H25NO3S. The van der Waals surface area contributed by atoms with Gasteiger partial charge in [0.1, 0.15) is 0 Å². The zero-order valence-electron chi connectivity index (χ0n) is 15.1. The van der Waals surface area contributed by atoms with Crippen LogP contribution in [0.4, 0.5) is 0 Å². The number of thiophene rings is 1. The van der Waals surface area contributed by atoms with E-state index >= 15 is 0 Å². The number of nitrogens with zero attached hydrogens (tertiary/aromatic N) is 1. The number of hydrogen-bond acceptors (Lipinski definition) is 4. The van der Waals surface area contributed by atoms with Gasteiger partial charge >= 0.3 is 5.97 Å². The second kappa shape index (κ2) is 8.99. The highest BCUT2D eigenvalue weighted by molar-refractivity contribution is 7.10. The van der Waals surface area contributed by atoms with Crippen LogP contribution < -0.4 is 0 Å². The zero-order valence-corrected chi connectivity index (χ0v) is 15.9. The number of hydrogen-bond donors (Lipinski definition) is 0. The van der Waals surface area contributed by atoms with Gasteiger partial charge in [0.2, 0.25) is 5.91 Å². The standard InChI is InChI=1S/C21H25NO3S/c1-2-25-20(23)14-16-5-8-18(9-6-16)21(24)22-12-11-17(15-22)7-10-19-4-3-13-26-19/h3-4,7,10-13,15-16,18H,2,5-6,8-9,14H2,1H3. The Balaban J connectivity index is 1.52. The predicted octanol–water partition coefficient (Wildman–Crippen LogP) is 5.12. The Kier molecular flexibility index (Phi) is 6.45. The monoisotopic (exact) mass is 371 g/mol. The van der Waals surface area contributed by atoms with Gasteiger partial charge in [-0.1, -0.05) is 12.1 Å². The van der Waals surface area contributed by atoms with Crippen molar-refractivity contribution in [3.63, 3.8) is 0 Å². The van der Waals surface area contributed by atoms with Crippen molar-refractivity contribution in [2.45, 2.75) is 39.0 Å². The van der Waals surface area contributed by atoms with Gasteiger partial charge in [-0.25, -0.2) is 0 Å². The highest BCUT2D eigenvalue weighted by atomic mass is 32.1. The lowest BCUT2D eigenvalue weighted by atomic mass is 9.80. The van der Waals surface area contributed by atoms with Crippen LogP contribution in [0.25, 0.3) is 12.2 Å². The van der Waals surface area contributed by atoms with Crippen LogP contribution in [0.1, 0.15) is 54.3 Å². The van der Waals surface area contributed by atoms with Crippen LogP contribution in [0.5, 0.6) is 0 Å². The summed E-state index contributed by atoms with van der Waals surface area (Å²) in [6.45, 7) is 2.26. The summed E-state index contributed by atoms with van der Waals surface area (Å²) in [7, 11) is 0. The SMILES string of the molecule is CCOC(=O)CC1CCC(C(=O)n2ccc(C=Cc3cccs3)c2)CC1. The number of aromatic nitrogens is 1. The van der Waals surface area contributed by atoms with E-state index in [0.717, 1.165) is 31.2 Å². The molecule has 1 aliphatic rings. The lowest BCUT2D eigenvalue weighted by Gasteiger charge is -2.27. The average Bonchev–Trinajstić information content (AvgIpc) is 3.32. The van der Waals surface area contributed by atoms with Crippen molar-refractivity contribution in [2.24, 2.45) is 11.8 Å². The number of ether oxygens (including phenoxy) is 1. The number of carbonyl (C=O) groups is 2. The van der Waals surface area contributed by atoms with E-state index in [2.05, 4.69) is 12.1 Å². The summed E-state index contributed by atoms with van der Waals surface area (Å²) in [5.74, 6) is 0.451. The van der Waals surface area contributed by atoms with Crippen molar-refractivity contribution >= 4 is 35.4 Å². The first-order valence-electron chi connectivity index (χ1n) is 9.25. The lowest BCUT2D eigenvalue weighted by Crippen LogP contribution is -2.26. The van der Waals surface area contributed by atoms with Gasteiger partial charge in [0.05, 0.1) is 6.61 Å². The third kappa shape index (κ3) is 4.94. The maximum atomic E-state index is 12.7. The molecule has 0 atom stereocenters. The first-order chi connectivity index (χ1) is 12.7. The van der Waals surface area contributed by atoms with Gasteiger partial charge in [-0.2, -0.15) is 0 Å². The Morgan fingerprint density at radius 1 is 1.23 bits per heavy atom. The second-order valence-corrected chi connectivity index (χ2v) is 7.75. The molecule has 0 radical (unpaired) electrons. The fourth-order valence-electron chi connectivity index (χ4n) is 3.49. The highest BCUT2D eigenvalue weighted by Gasteiger charge is 2.28. The van der Waals surface area contributed by atoms with Crippen molar-refractivity contribution in [2.75, 3.05) is 6.61 Å². The van der Waals surface area contributed by atoms with Gasteiger partial charge in [0, 0.05) is 29.6 Å². The van der Waals surface area contributed by atoms with Gasteiger partial charge in [0.25, 0.3) is 0 Å². The minimum atomic E-state index is -0.116. The molecule has 0 spiro atoms. The molecule has 0 aliphatic heterocycles. The maximum Gasteiger partial charge on any atom is 0.306 e. The van der Waals surface area contributed by atoms with Crippen molar-refractivity contribution in [1.29, 1.82) is 0 Å². The predicted molar refractivity (Wildman–Crippen MR) is 105 cm³/mol. The molecule has 0 saturated heterocycles. The fourth-order valence-corrected chi connectivity index (χ4v) is 4.11. The summed E-state index contributed by atoms with van der Waals surface area (Å²) in [6.07, 6.45) is 11.9. The van der Waals surface area contributed by atoms with Crippen LogP contribution in [0.15, 0.2) is 36.0 Å². The molecule has 5 heteroatoms. The fraction of sp³-hybridized carbons (Fsp3) is 0.429. The first-order valence-corrected chi connectivity index (χ1v) is 10.1. The molecule has 3 rings (SSSR count). The van der Waals surface area contributed by atoms with Gasteiger partial charge in [-0.3, -0.25) is 14.2 Å². The summed E-state index contributed by atoms with van der Waals surface area (Å²) in [4.78, 5) is 25.5. The minimum Gasteiger partial charge on any atom is -0.466 e. The summed E-state index contributed by atoms with van der Waals surface area (Å²) in [5, 5.41) is 2.05.